The summed E-state index contributed by atoms with van der Waals surface area (Å²) in [5.74, 6) is 0.665. The third-order valence-electron chi connectivity index (χ3n) is 4.53. The van der Waals surface area contributed by atoms with Crippen LogP contribution in [0.3, 0.4) is 0 Å². The van der Waals surface area contributed by atoms with Gasteiger partial charge in [0.25, 0.3) is 0 Å². The highest BCUT2D eigenvalue weighted by molar-refractivity contribution is 7.85. The molecule has 1 aliphatic rings. The lowest BCUT2D eigenvalue weighted by atomic mass is 10.2. The zero-order valence-corrected chi connectivity index (χ0v) is 16.0. The average Bonchev–Trinajstić information content (AvgIpc) is 2.97. The fraction of sp³-hybridized carbons (Fsp3) is 0.182. The quantitative estimate of drug-likeness (QED) is 0.655. The van der Waals surface area contributed by atoms with E-state index in [0.717, 1.165) is 27.2 Å². The zero-order valence-electron chi connectivity index (χ0n) is 15.1. The Morgan fingerprint density at radius 3 is 1.85 bits per heavy atom. The molecule has 1 aliphatic heterocycles. The molecule has 0 amide bonds. The fourth-order valence-electron chi connectivity index (χ4n) is 3.37. The van der Waals surface area contributed by atoms with Gasteiger partial charge in [-0.1, -0.05) is 60.7 Å². The van der Waals surface area contributed by atoms with Gasteiger partial charge in [-0.05, 0) is 24.6 Å². The lowest BCUT2D eigenvalue weighted by Gasteiger charge is -2.20. The van der Waals surface area contributed by atoms with Crippen LogP contribution in [0.4, 0.5) is 0 Å². The van der Waals surface area contributed by atoms with Crippen molar-refractivity contribution in [3.8, 4) is 11.5 Å². The second-order valence-electron chi connectivity index (χ2n) is 6.97. The van der Waals surface area contributed by atoms with E-state index < -0.39 is 12.9 Å². The van der Waals surface area contributed by atoms with Gasteiger partial charge < -0.3 is 14.0 Å². The van der Waals surface area contributed by atoms with Crippen molar-refractivity contribution in [1.29, 1.82) is 0 Å². The lowest BCUT2D eigenvalue weighted by Crippen LogP contribution is -2.29. The van der Waals surface area contributed by atoms with E-state index in [0.29, 0.717) is 5.75 Å². The third-order valence-corrected chi connectivity index (χ3v) is 7.57. The molecule has 0 unspecified atom stereocenters. The summed E-state index contributed by atoms with van der Waals surface area (Å²) in [4.78, 5) is 0. The second-order valence-corrected chi connectivity index (χ2v) is 9.74. The minimum atomic E-state index is -3.01. The number of fused-ring (bicyclic) bond motifs is 1. The smallest absolute Gasteiger partial charge is 0.246 e. The Bertz CT molecular complexity index is 951. The highest BCUT2D eigenvalue weighted by Gasteiger charge is 2.36. The number of rotatable bonds is 3. The van der Waals surface area contributed by atoms with E-state index >= 15 is 0 Å². The van der Waals surface area contributed by atoms with Crippen molar-refractivity contribution >= 4 is 23.1 Å². The zero-order chi connectivity index (χ0) is 18.4. The van der Waals surface area contributed by atoms with Gasteiger partial charge in [0.05, 0.1) is 0 Å². The number of ether oxygens (including phenoxy) is 2. The summed E-state index contributed by atoms with van der Waals surface area (Å²) in [6, 6.07) is 23.1. The summed E-state index contributed by atoms with van der Waals surface area (Å²) in [5.41, 5.74) is 0.926. The van der Waals surface area contributed by atoms with Gasteiger partial charge in [-0.3, -0.25) is 0 Å². The molecule has 0 N–H and O–H groups in total. The average molecular weight is 364 g/mol. The van der Waals surface area contributed by atoms with Crippen LogP contribution in [-0.4, -0.2) is 5.79 Å². The maximum absolute atomic E-state index is 14.4. The molecule has 3 aromatic rings. The monoisotopic (exact) mass is 364 g/mol. The molecule has 0 saturated heterocycles. The molecule has 132 valence electrons. The van der Waals surface area contributed by atoms with Crippen molar-refractivity contribution in [2.75, 3.05) is 0 Å². The summed E-state index contributed by atoms with van der Waals surface area (Å²) in [6.45, 7) is 5.72. The maximum Gasteiger partial charge on any atom is 0.246 e. The van der Waals surface area contributed by atoms with Crippen molar-refractivity contribution in [1.82, 2.24) is 0 Å². The minimum absolute atomic E-state index is 0.650. The predicted octanol–water partition coefficient (Wildman–Crippen LogP) is 4.14. The molecule has 3 aromatic carbocycles. The van der Waals surface area contributed by atoms with Crippen molar-refractivity contribution in [3.63, 3.8) is 0 Å². The van der Waals surface area contributed by atoms with Gasteiger partial charge in [-0.2, -0.15) is 0 Å². The van der Waals surface area contributed by atoms with Crippen molar-refractivity contribution in [2.24, 2.45) is 0 Å². The van der Waals surface area contributed by atoms with Gasteiger partial charge in [0.1, 0.15) is 0 Å². The van der Waals surface area contributed by atoms with Crippen LogP contribution in [0.15, 0.2) is 72.8 Å². The highest BCUT2D eigenvalue weighted by atomic mass is 31.2. The molecule has 26 heavy (non-hydrogen) atoms. The number of aryl methyl sites for hydroxylation is 1. The van der Waals surface area contributed by atoms with Crippen molar-refractivity contribution < 1.29 is 14.0 Å². The fourth-order valence-corrected chi connectivity index (χ4v) is 6.12. The lowest BCUT2D eigenvalue weighted by molar-refractivity contribution is -0.0433. The van der Waals surface area contributed by atoms with Gasteiger partial charge in [-0.25, -0.2) is 0 Å². The first-order valence-corrected chi connectivity index (χ1v) is 10.4. The SMILES string of the molecule is Cc1cc(P(=O)(c2ccccc2)c2ccccc2)cc2c1OC(C)(C)O2. The topological polar surface area (TPSA) is 35.5 Å². The van der Waals surface area contributed by atoms with Crippen molar-refractivity contribution in [2.45, 2.75) is 26.6 Å². The van der Waals surface area contributed by atoms with Gasteiger partial charge in [0, 0.05) is 29.8 Å². The van der Waals surface area contributed by atoms with E-state index in [2.05, 4.69) is 0 Å². The first-order valence-electron chi connectivity index (χ1n) is 8.65. The Labute approximate surface area is 154 Å². The molecule has 0 spiro atoms. The number of hydrogen-bond donors (Lipinski definition) is 0. The first kappa shape index (κ1) is 16.9. The van der Waals surface area contributed by atoms with E-state index in [9.17, 15) is 4.57 Å². The summed E-state index contributed by atoms with van der Waals surface area (Å²) in [5, 5.41) is 2.37. The Kier molecular flexibility index (Phi) is 3.93. The minimum Gasteiger partial charge on any atom is -0.449 e. The molecular weight excluding hydrogens is 343 g/mol. The normalized spacial score (nSPS) is 15.0. The van der Waals surface area contributed by atoms with Gasteiger partial charge in [0.2, 0.25) is 5.79 Å². The van der Waals surface area contributed by atoms with E-state index in [-0.39, 0.29) is 0 Å². The summed E-state index contributed by atoms with van der Waals surface area (Å²) in [7, 11) is -3.01. The van der Waals surface area contributed by atoms with Crippen LogP contribution in [0.25, 0.3) is 0 Å². The molecule has 0 bridgehead atoms. The second kappa shape index (κ2) is 6.03. The molecule has 0 aliphatic carbocycles. The molecule has 0 aromatic heterocycles. The van der Waals surface area contributed by atoms with Gasteiger partial charge in [-0.15, -0.1) is 0 Å². The van der Waals surface area contributed by atoms with Crippen LogP contribution in [0.5, 0.6) is 11.5 Å². The summed E-state index contributed by atoms with van der Waals surface area (Å²) >= 11 is 0. The number of hydrogen-bond acceptors (Lipinski definition) is 3. The molecule has 0 fully saturated rings. The van der Waals surface area contributed by atoms with Gasteiger partial charge >= 0.3 is 0 Å². The molecule has 3 nitrogen and oxygen atoms in total. The predicted molar refractivity (Wildman–Crippen MR) is 106 cm³/mol. The van der Waals surface area contributed by atoms with Crippen LogP contribution < -0.4 is 25.4 Å². The Balaban J connectivity index is 1.96. The molecular formula is C22H21O3P. The maximum atomic E-state index is 14.4. The van der Waals surface area contributed by atoms with E-state index in [4.69, 9.17) is 9.47 Å². The van der Waals surface area contributed by atoms with Crippen molar-refractivity contribution in [3.05, 3.63) is 78.4 Å². The Hall–Kier alpha value is -2.51. The molecule has 1 heterocycles. The van der Waals surface area contributed by atoms with E-state index in [1.54, 1.807) is 0 Å². The molecule has 0 saturated carbocycles. The van der Waals surface area contributed by atoms with E-state index in [1.807, 2.05) is 93.6 Å². The first-order chi connectivity index (χ1) is 12.4. The molecule has 0 radical (unpaired) electrons. The molecule has 4 heteroatoms. The Morgan fingerprint density at radius 2 is 1.31 bits per heavy atom. The molecule has 4 rings (SSSR count). The Morgan fingerprint density at radius 1 is 0.769 bits per heavy atom. The van der Waals surface area contributed by atoms with E-state index in [1.165, 1.54) is 0 Å². The summed E-state index contributed by atoms with van der Waals surface area (Å²) < 4.78 is 26.3. The van der Waals surface area contributed by atoms with Crippen LogP contribution in [0.2, 0.25) is 0 Å². The van der Waals surface area contributed by atoms with Crippen LogP contribution >= 0.6 is 7.14 Å². The standard InChI is InChI=1S/C22H21O3P/c1-16-14-19(15-20-21(16)25-22(2,3)24-20)26(23,17-10-6-4-7-11-17)18-12-8-5-9-13-18/h4-15H,1-3H3. The highest BCUT2D eigenvalue weighted by Crippen LogP contribution is 2.47. The van der Waals surface area contributed by atoms with Crippen LogP contribution in [0.1, 0.15) is 19.4 Å². The summed E-state index contributed by atoms with van der Waals surface area (Å²) in [6.07, 6.45) is 0. The van der Waals surface area contributed by atoms with Crippen LogP contribution in [0, 0.1) is 6.92 Å². The number of benzene rings is 3. The third kappa shape index (κ3) is 2.73. The molecule has 0 atom stereocenters. The largest absolute Gasteiger partial charge is 0.449 e. The van der Waals surface area contributed by atoms with Crippen LogP contribution in [-0.2, 0) is 4.57 Å². The van der Waals surface area contributed by atoms with Gasteiger partial charge in [0.15, 0.2) is 18.6 Å².